The Kier molecular flexibility index (Phi) is 4.23. The Balaban J connectivity index is 1.69. The van der Waals surface area contributed by atoms with Gasteiger partial charge in [-0.05, 0) is 28.8 Å². The number of amides is 1. The Bertz CT molecular complexity index is 657. The van der Waals surface area contributed by atoms with Crippen LogP contribution in [0.5, 0.6) is 0 Å². The first-order chi connectivity index (χ1) is 10.2. The summed E-state index contributed by atoms with van der Waals surface area (Å²) in [6.45, 7) is 2.00. The summed E-state index contributed by atoms with van der Waals surface area (Å²) in [5.41, 5.74) is 3.33. The van der Waals surface area contributed by atoms with Crippen molar-refractivity contribution in [3.05, 3.63) is 70.2 Å². The summed E-state index contributed by atoms with van der Waals surface area (Å²) in [5, 5.41) is 6.98. The van der Waals surface area contributed by atoms with Crippen molar-refractivity contribution < 1.29 is 4.79 Å². The molecule has 0 saturated carbocycles. The largest absolute Gasteiger partial charge is 0.351 e. The van der Waals surface area contributed by atoms with Crippen molar-refractivity contribution in [2.75, 3.05) is 6.54 Å². The first kappa shape index (κ1) is 14.1. The standard InChI is InChI=1S/C17H17ClN2O/c18-14-6-3-4-12(8-14)9-20-17(21)16-11-19-10-13-5-1-2-7-15(13)16/h1-8,16,19H,9-11H2,(H,20,21). The number of hydrogen-bond donors (Lipinski definition) is 2. The van der Waals surface area contributed by atoms with E-state index in [1.165, 1.54) is 5.56 Å². The first-order valence-electron chi connectivity index (χ1n) is 7.05. The second-order valence-corrected chi connectivity index (χ2v) is 5.67. The lowest BCUT2D eigenvalue weighted by atomic mass is 9.90. The molecule has 0 radical (unpaired) electrons. The van der Waals surface area contributed by atoms with Gasteiger partial charge in [-0.1, -0.05) is 48.0 Å². The van der Waals surface area contributed by atoms with Crippen molar-refractivity contribution in [1.82, 2.24) is 10.6 Å². The minimum absolute atomic E-state index is 0.0506. The average Bonchev–Trinajstić information content (AvgIpc) is 2.52. The van der Waals surface area contributed by atoms with Crippen LogP contribution in [0, 0.1) is 0 Å². The van der Waals surface area contributed by atoms with E-state index in [1.807, 2.05) is 42.5 Å². The summed E-state index contributed by atoms with van der Waals surface area (Å²) >= 11 is 5.95. The Morgan fingerprint density at radius 1 is 1.24 bits per heavy atom. The average molecular weight is 301 g/mol. The number of rotatable bonds is 3. The summed E-state index contributed by atoms with van der Waals surface area (Å²) in [6.07, 6.45) is 0. The molecule has 1 unspecified atom stereocenters. The molecule has 0 spiro atoms. The maximum absolute atomic E-state index is 12.4. The number of halogens is 1. The van der Waals surface area contributed by atoms with E-state index >= 15 is 0 Å². The Morgan fingerprint density at radius 2 is 2.10 bits per heavy atom. The molecule has 0 saturated heterocycles. The Labute approximate surface area is 129 Å². The van der Waals surface area contributed by atoms with E-state index in [-0.39, 0.29) is 11.8 Å². The number of carbonyl (C=O) groups is 1. The molecular weight excluding hydrogens is 284 g/mol. The zero-order chi connectivity index (χ0) is 14.7. The van der Waals surface area contributed by atoms with Gasteiger partial charge in [-0.3, -0.25) is 4.79 Å². The maximum atomic E-state index is 12.4. The molecule has 2 N–H and O–H groups in total. The summed E-state index contributed by atoms with van der Waals surface area (Å²) in [4.78, 5) is 12.4. The Hall–Kier alpha value is -1.84. The van der Waals surface area contributed by atoms with Crippen molar-refractivity contribution in [2.45, 2.75) is 19.0 Å². The van der Waals surface area contributed by atoms with E-state index < -0.39 is 0 Å². The highest BCUT2D eigenvalue weighted by molar-refractivity contribution is 6.30. The molecule has 1 heterocycles. The zero-order valence-electron chi connectivity index (χ0n) is 11.6. The molecule has 21 heavy (non-hydrogen) atoms. The van der Waals surface area contributed by atoms with Gasteiger partial charge in [-0.2, -0.15) is 0 Å². The van der Waals surface area contributed by atoms with Crippen molar-refractivity contribution in [2.24, 2.45) is 0 Å². The van der Waals surface area contributed by atoms with Crippen LogP contribution in [-0.2, 0) is 17.9 Å². The molecule has 108 valence electrons. The molecular formula is C17H17ClN2O. The number of fused-ring (bicyclic) bond motifs is 1. The molecule has 1 atom stereocenters. The summed E-state index contributed by atoms with van der Waals surface area (Å²) in [6, 6.07) is 15.6. The van der Waals surface area contributed by atoms with Crippen LogP contribution in [0.25, 0.3) is 0 Å². The highest BCUT2D eigenvalue weighted by Crippen LogP contribution is 2.24. The van der Waals surface area contributed by atoms with Gasteiger partial charge >= 0.3 is 0 Å². The van der Waals surface area contributed by atoms with E-state index in [2.05, 4.69) is 16.7 Å². The fourth-order valence-corrected chi connectivity index (χ4v) is 2.90. The molecule has 1 aliphatic heterocycles. The highest BCUT2D eigenvalue weighted by atomic mass is 35.5. The topological polar surface area (TPSA) is 41.1 Å². The molecule has 1 amide bonds. The second-order valence-electron chi connectivity index (χ2n) is 5.23. The van der Waals surface area contributed by atoms with Crippen LogP contribution in [0.3, 0.4) is 0 Å². The van der Waals surface area contributed by atoms with Crippen LogP contribution < -0.4 is 10.6 Å². The van der Waals surface area contributed by atoms with Gasteiger partial charge in [0.25, 0.3) is 0 Å². The summed E-state index contributed by atoms with van der Waals surface area (Å²) in [5.74, 6) is -0.0799. The molecule has 2 aromatic rings. The van der Waals surface area contributed by atoms with Gasteiger partial charge in [0.2, 0.25) is 5.91 Å². The SMILES string of the molecule is O=C(NCc1cccc(Cl)c1)C1CNCc2ccccc21. The van der Waals surface area contributed by atoms with E-state index in [1.54, 1.807) is 0 Å². The number of benzene rings is 2. The molecule has 3 rings (SSSR count). The third-order valence-electron chi connectivity index (χ3n) is 3.77. The molecule has 3 nitrogen and oxygen atoms in total. The van der Waals surface area contributed by atoms with Crippen LogP contribution in [0.15, 0.2) is 48.5 Å². The predicted octanol–water partition coefficient (Wildman–Crippen LogP) is 2.84. The molecule has 0 bridgehead atoms. The van der Waals surface area contributed by atoms with Gasteiger partial charge in [-0.15, -0.1) is 0 Å². The van der Waals surface area contributed by atoms with Crippen LogP contribution in [0.4, 0.5) is 0 Å². The van der Waals surface area contributed by atoms with Crippen molar-refractivity contribution in [3.63, 3.8) is 0 Å². The fourth-order valence-electron chi connectivity index (χ4n) is 2.69. The number of hydrogen-bond acceptors (Lipinski definition) is 2. The second kappa shape index (κ2) is 6.29. The van der Waals surface area contributed by atoms with E-state index in [9.17, 15) is 4.79 Å². The van der Waals surface area contributed by atoms with Crippen LogP contribution >= 0.6 is 11.6 Å². The molecule has 4 heteroatoms. The molecule has 0 aliphatic carbocycles. The molecule has 1 aliphatic rings. The van der Waals surface area contributed by atoms with E-state index in [0.29, 0.717) is 18.1 Å². The smallest absolute Gasteiger partial charge is 0.229 e. The van der Waals surface area contributed by atoms with Crippen molar-refractivity contribution in [1.29, 1.82) is 0 Å². The lowest BCUT2D eigenvalue weighted by Gasteiger charge is -2.25. The number of carbonyl (C=O) groups excluding carboxylic acids is 1. The van der Waals surface area contributed by atoms with E-state index in [0.717, 1.165) is 17.7 Å². The lowest BCUT2D eigenvalue weighted by molar-refractivity contribution is -0.122. The van der Waals surface area contributed by atoms with Gasteiger partial charge in [0.1, 0.15) is 0 Å². The number of nitrogens with one attached hydrogen (secondary N) is 2. The fraction of sp³-hybridized carbons (Fsp3) is 0.235. The minimum atomic E-state index is -0.130. The molecule has 2 aromatic carbocycles. The van der Waals surface area contributed by atoms with E-state index in [4.69, 9.17) is 11.6 Å². The van der Waals surface area contributed by atoms with Crippen molar-refractivity contribution >= 4 is 17.5 Å². The third-order valence-corrected chi connectivity index (χ3v) is 4.00. The van der Waals surface area contributed by atoms with Crippen LogP contribution in [0.2, 0.25) is 5.02 Å². The maximum Gasteiger partial charge on any atom is 0.229 e. The predicted molar refractivity (Wildman–Crippen MR) is 84.2 cm³/mol. The van der Waals surface area contributed by atoms with Crippen molar-refractivity contribution in [3.8, 4) is 0 Å². The summed E-state index contributed by atoms with van der Waals surface area (Å²) in [7, 11) is 0. The third kappa shape index (κ3) is 3.26. The van der Waals surface area contributed by atoms with Gasteiger partial charge in [-0.25, -0.2) is 0 Å². The summed E-state index contributed by atoms with van der Waals surface area (Å²) < 4.78 is 0. The monoisotopic (exact) mass is 300 g/mol. The van der Waals surface area contributed by atoms with Crippen LogP contribution in [-0.4, -0.2) is 12.5 Å². The minimum Gasteiger partial charge on any atom is -0.351 e. The van der Waals surface area contributed by atoms with Gasteiger partial charge in [0.05, 0.1) is 5.92 Å². The lowest BCUT2D eigenvalue weighted by Crippen LogP contribution is -2.38. The molecule has 0 aromatic heterocycles. The first-order valence-corrected chi connectivity index (χ1v) is 7.42. The van der Waals surface area contributed by atoms with Gasteiger partial charge < -0.3 is 10.6 Å². The quantitative estimate of drug-likeness (QED) is 0.915. The van der Waals surface area contributed by atoms with Crippen LogP contribution in [0.1, 0.15) is 22.6 Å². The van der Waals surface area contributed by atoms with Gasteiger partial charge in [0.15, 0.2) is 0 Å². The zero-order valence-corrected chi connectivity index (χ0v) is 12.4. The normalized spacial score (nSPS) is 17.1. The Morgan fingerprint density at radius 3 is 2.95 bits per heavy atom. The molecule has 0 fully saturated rings. The van der Waals surface area contributed by atoms with Gasteiger partial charge in [0, 0.05) is 24.7 Å². The highest BCUT2D eigenvalue weighted by Gasteiger charge is 2.25.